The average molecular weight is 709 g/mol. The van der Waals surface area contributed by atoms with Crippen LogP contribution in [0.1, 0.15) is 0 Å². The fraction of sp³-hybridized carbons (Fsp3) is 0. The van der Waals surface area contributed by atoms with Crippen LogP contribution in [0.5, 0.6) is 0 Å². The maximum atomic E-state index is 6.41. The van der Waals surface area contributed by atoms with Crippen LogP contribution in [0.2, 0.25) is 0 Å². The summed E-state index contributed by atoms with van der Waals surface area (Å²) in [6.07, 6.45) is 0. The van der Waals surface area contributed by atoms with Crippen molar-refractivity contribution in [1.29, 1.82) is 0 Å². The Morgan fingerprint density at radius 3 is 1.74 bits per heavy atom. The summed E-state index contributed by atoms with van der Waals surface area (Å²) in [4.78, 5) is 20.0. The quantitative estimate of drug-likeness (QED) is 0.178. The monoisotopic (exact) mass is 708 g/mol. The van der Waals surface area contributed by atoms with E-state index in [9.17, 15) is 0 Å². The molecule has 0 amide bonds. The van der Waals surface area contributed by atoms with Gasteiger partial charge in [0.2, 0.25) is 5.89 Å². The fourth-order valence-electron chi connectivity index (χ4n) is 7.55. The van der Waals surface area contributed by atoms with E-state index >= 15 is 0 Å². The zero-order valence-electron chi connectivity index (χ0n) is 28.8. The van der Waals surface area contributed by atoms with E-state index in [2.05, 4.69) is 109 Å². The average Bonchev–Trinajstić information content (AvgIpc) is 3.83. The van der Waals surface area contributed by atoms with Crippen LogP contribution >= 0.6 is 11.3 Å². The van der Waals surface area contributed by atoms with E-state index in [-0.39, 0.29) is 0 Å². The van der Waals surface area contributed by atoms with Crippen molar-refractivity contribution < 1.29 is 4.42 Å². The van der Waals surface area contributed by atoms with Crippen LogP contribution in [-0.2, 0) is 0 Å². The van der Waals surface area contributed by atoms with Gasteiger partial charge in [0.15, 0.2) is 23.1 Å². The highest BCUT2D eigenvalue weighted by atomic mass is 32.1. The maximum Gasteiger partial charge on any atom is 0.227 e. The van der Waals surface area contributed by atoms with E-state index in [1.54, 1.807) is 11.3 Å². The molecule has 0 saturated heterocycles. The molecule has 0 aliphatic carbocycles. The molecule has 0 atom stereocenters. The molecule has 3 heterocycles. The predicted octanol–water partition coefficient (Wildman–Crippen LogP) is 13.0. The number of hydrogen-bond donors (Lipinski definition) is 0. The summed E-state index contributed by atoms with van der Waals surface area (Å²) in [5.41, 5.74) is 7.81. The second-order valence-corrected chi connectivity index (χ2v) is 14.5. The van der Waals surface area contributed by atoms with E-state index in [0.29, 0.717) is 23.4 Å². The number of thiophene rings is 1. The van der Waals surface area contributed by atoms with E-state index < -0.39 is 0 Å². The first kappa shape index (κ1) is 30.6. The highest BCUT2D eigenvalue weighted by Gasteiger charge is 2.19. The topological polar surface area (TPSA) is 64.7 Å². The van der Waals surface area contributed by atoms with Crippen LogP contribution < -0.4 is 0 Å². The van der Waals surface area contributed by atoms with Crippen LogP contribution in [0.3, 0.4) is 0 Å². The van der Waals surface area contributed by atoms with Gasteiger partial charge in [-0.25, -0.2) is 19.9 Å². The lowest BCUT2D eigenvalue weighted by atomic mass is 9.94. The van der Waals surface area contributed by atoms with Crippen LogP contribution in [0, 0.1) is 0 Å². The van der Waals surface area contributed by atoms with Gasteiger partial charge < -0.3 is 4.42 Å². The lowest BCUT2D eigenvalue weighted by Gasteiger charge is -2.13. The molecule has 0 aliphatic rings. The number of fused-ring (bicyclic) bond motifs is 6. The van der Waals surface area contributed by atoms with Crippen molar-refractivity contribution in [1.82, 2.24) is 19.9 Å². The van der Waals surface area contributed by atoms with Crippen molar-refractivity contribution in [3.05, 3.63) is 170 Å². The molecule has 0 aliphatic heterocycles. The van der Waals surface area contributed by atoms with Gasteiger partial charge in [-0.2, -0.15) is 0 Å². The summed E-state index contributed by atoms with van der Waals surface area (Å²) in [6.45, 7) is 0. The Balaban J connectivity index is 1.04. The molecule has 0 bridgehead atoms. The molecule has 0 fully saturated rings. The van der Waals surface area contributed by atoms with Gasteiger partial charge in [-0.15, -0.1) is 11.3 Å². The summed E-state index contributed by atoms with van der Waals surface area (Å²) in [5.74, 6) is 2.57. The Labute approximate surface area is 313 Å². The summed E-state index contributed by atoms with van der Waals surface area (Å²) >= 11 is 1.80. The largest absolute Gasteiger partial charge is 0.436 e. The predicted molar refractivity (Wildman–Crippen MR) is 222 cm³/mol. The van der Waals surface area contributed by atoms with Gasteiger partial charge in [0.1, 0.15) is 5.52 Å². The molecule has 0 saturated carbocycles. The fourth-order valence-corrected chi connectivity index (χ4v) is 8.79. The Morgan fingerprint density at radius 2 is 1.00 bits per heavy atom. The summed E-state index contributed by atoms with van der Waals surface area (Å²) in [6, 6.07) is 58.8. The number of oxazole rings is 1. The van der Waals surface area contributed by atoms with E-state index in [1.807, 2.05) is 60.7 Å². The SMILES string of the molecule is c1ccc(-c2nc(-c3ccccc3)nc(-c3cccc4c(-c5cccc6c5sc5cc7nc(-c8ccc9ccccc9c8)oc7cc56)cccc34)n2)cc1. The third kappa shape index (κ3) is 5.07. The van der Waals surface area contributed by atoms with Crippen molar-refractivity contribution in [2.24, 2.45) is 0 Å². The van der Waals surface area contributed by atoms with Gasteiger partial charge in [-0.1, -0.05) is 146 Å². The van der Waals surface area contributed by atoms with Crippen molar-refractivity contribution in [2.75, 3.05) is 0 Å². The van der Waals surface area contributed by atoms with E-state index in [4.69, 9.17) is 24.4 Å². The highest BCUT2D eigenvalue weighted by molar-refractivity contribution is 7.26. The van der Waals surface area contributed by atoms with Gasteiger partial charge in [-0.3, -0.25) is 0 Å². The third-order valence-corrected chi connectivity index (χ3v) is 11.4. The molecule has 6 heteroatoms. The van der Waals surface area contributed by atoms with Gasteiger partial charge in [0, 0.05) is 48.0 Å². The normalized spacial score (nSPS) is 11.7. The number of hydrogen-bond acceptors (Lipinski definition) is 6. The van der Waals surface area contributed by atoms with Crippen molar-refractivity contribution in [3.63, 3.8) is 0 Å². The molecule has 252 valence electrons. The van der Waals surface area contributed by atoms with Gasteiger partial charge in [0.25, 0.3) is 0 Å². The molecular weight excluding hydrogens is 681 g/mol. The van der Waals surface area contributed by atoms with Crippen LogP contribution in [-0.4, -0.2) is 19.9 Å². The standard InChI is InChI=1S/C48H28N4OS/c1-3-13-30(14-4-1)45-50-46(31-15-5-2-6-16-31)52-47(51-45)39-23-10-18-34-35(19-9-20-36(34)39)37-21-11-22-38-40-27-42-41(28-43(40)54-44(37)38)49-48(53-42)33-25-24-29-12-7-8-17-32(29)26-33/h1-28H. The zero-order chi connectivity index (χ0) is 35.6. The molecule has 3 aromatic heterocycles. The zero-order valence-corrected chi connectivity index (χ0v) is 29.6. The Bertz CT molecular complexity index is 3170. The first-order chi connectivity index (χ1) is 26.7. The van der Waals surface area contributed by atoms with Crippen LogP contribution in [0.15, 0.2) is 174 Å². The number of rotatable bonds is 5. The Kier molecular flexibility index (Phi) is 6.97. The molecule has 0 radical (unpaired) electrons. The van der Waals surface area contributed by atoms with E-state index in [1.165, 1.54) is 36.5 Å². The number of benzene rings is 8. The first-order valence-corrected chi connectivity index (χ1v) is 18.7. The number of aromatic nitrogens is 4. The molecule has 0 spiro atoms. The lowest BCUT2D eigenvalue weighted by Crippen LogP contribution is -2.00. The maximum absolute atomic E-state index is 6.41. The van der Waals surface area contributed by atoms with Crippen molar-refractivity contribution in [2.45, 2.75) is 0 Å². The summed E-state index contributed by atoms with van der Waals surface area (Å²) in [5, 5.41) is 6.95. The molecule has 0 N–H and O–H groups in total. The number of nitrogens with zero attached hydrogens (tertiary/aromatic N) is 4. The molecule has 11 rings (SSSR count). The Hall–Kier alpha value is -7.02. The Morgan fingerprint density at radius 1 is 0.389 bits per heavy atom. The minimum absolute atomic E-state index is 0.634. The van der Waals surface area contributed by atoms with Crippen molar-refractivity contribution in [3.8, 4) is 56.7 Å². The van der Waals surface area contributed by atoms with Gasteiger partial charge >= 0.3 is 0 Å². The van der Waals surface area contributed by atoms with Gasteiger partial charge in [-0.05, 0) is 51.4 Å². The first-order valence-electron chi connectivity index (χ1n) is 17.9. The molecule has 8 aromatic carbocycles. The van der Waals surface area contributed by atoms with Crippen molar-refractivity contribution >= 4 is 64.2 Å². The second kappa shape index (κ2) is 12.3. The highest BCUT2D eigenvalue weighted by Crippen LogP contribution is 2.44. The summed E-state index contributed by atoms with van der Waals surface area (Å²) in [7, 11) is 0. The van der Waals surface area contributed by atoms with Gasteiger partial charge in [0.05, 0.1) is 0 Å². The molecular formula is C48H28N4OS. The molecule has 5 nitrogen and oxygen atoms in total. The van der Waals surface area contributed by atoms with Crippen LogP contribution in [0.4, 0.5) is 0 Å². The third-order valence-electron chi connectivity index (χ3n) is 10.2. The van der Waals surface area contributed by atoms with E-state index in [0.717, 1.165) is 49.7 Å². The second-order valence-electron chi connectivity index (χ2n) is 13.4. The van der Waals surface area contributed by atoms with Crippen LogP contribution in [0.25, 0.3) is 110 Å². The lowest BCUT2D eigenvalue weighted by molar-refractivity contribution is 0.620. The smallest absolute Gasteiger partial charge is 0.227 e. The minimum atomic E-state index is 0.634. The molecule has 11 aromatic rings. The summed E-state index contributed by atoms with van der Waals surface area (Å²) < 4.78 is 8.81. The molecule has 0 unspecified atom stereocenters. The molecule has 54 heavy (non-hydrogen) atoms. The minimum Gasteiger partial charge on any atom is -0.436 e.